The summed E-state index contributed by atoms with van der Waals surface area (Å²) in [5.74, 6) is 0.443. The van der Waals surface area contributed by atoms with Crippen molar-refractivity contribution in [2.45, 2.75) is 32.2 Å². The zero-order chi connectivity index (χ0) is 13.8. The van der Waals surface area contributed by atoms with Gasteiger partial charge in [0.2, 0.25) is 5.91 Å². The van der Waals surface area contributed by atoms with Crippen LogP contribution in [0.3, 0.4) is 0 Å². The maximum Gasteiger partial charge on any atom is 0.238 e. The molecule has 5 heteroatoms. The predicted octanol–water partition coefficient (Wildman–Crippen LogP) is 2.20. The summed E-state index contributed by atoms with van der Waals surface area (Å²) in [5, 5.41) is 3.01. The fraction of sp³-hybridized carbons (Fsp3) is 0.533. The highest BCUT2D eigenvalue weighted by molar-refractivity contribution is 5.93. The molecule has 1 aromatic rings. The molecule has 2 rings (SSSR count). The number of halogens is 1. The summed E-state index contributed by atoms with van der Waals surface area (Å²) < 4.78 is 0. The van der Waals surface area contributed by atoms with Crippen LogP contribution in [0.1, 0.15) is 31.7 Å². The van der Waals surface area contributed by atoms with Gasteiger partial charge in [-0.1, -0.05) is 32.0 Å². The van der Waals surface area contributed by atoms with Crippen LogP contribution in [0.15, 0.2) is 24.3 Å². The largest absolute Gasteiger partial charge is 0.326 e. The van der Waals surface area contributed by atoms with E-state index in [9.17, 15) is 4.79 Å². The van der Waals surface area contributed by atoms with Gasteiger partial charge < -0.3 is 11.1 Å². The van der Waals surface area contributed by atoms with Gasteiger partial charge in [0.1, 0.15) is 0 Å². The minimum absolute atomic E-state index is 0. The first kappa shape index (κ1) is 17.0. The maximum atomic E-state index is 12.1. The van der Waals surface area contributed by atoms with Gasteiger partial charge in [0, 0.05) is 24.8 Å². The van der Waals surface area contributed by atoms with Gasteiger partial charge in [-0.25, -0.2) is 0 Å². The molecule has 20 heavy (non-hydrogen) atoms. The number of anilines is 1. The van der Waals surface area contributed by atoms with E-state index >= 15 is 0 Å². The van der Waals surface area contributed by atoms with Crippen molar-refractivity contribution < 1.29 is 4.79 Å². The fourth-order valence-corrected chi connectivity index (χ4v) is 2.51. The van der Waals surface area contributed by atoms with Crippen molar-refractivity contribution in [2.75, 3.05) is 25.0 Å². The van der Waals surface area contributed by atoms with E-state index in [4.69, 9.17) is 5.73 Å². The van der Waals surface area contributed by atoms with Crippen LogP contribution in [0, 0.1) is 0 Å². The van der Waals surface area contributed by atoms with Crippen LogP contribution < -0.4 is 11.1 Å². The molecule has 0 radical (unpaired) electrons. The van der Waals surface area contributed by atoms with E-state index in [1.54, 1.807) is 0 Å². The van der Waals surface area contributed by atoms with E-state index in [1.165, 1.54) is 5.56 Å². The standard InChI is InChI=1S/C15H23N3O.ClH/c1-11(2)13-5-3-4-6-14(13)17-15(19)10-18-8-7-12(16)9-18;/h3-6,11-12H,7-10,16H2,1-2H3,(H,17,19);1H/t12-;/m1./s1. The molecule has 4 nitrogen and oxygen atoms in total. The molecule has 112 valence electrons. The van der Waals surface area contributed by atoms with E-state index in [0.29, 0.717) is 12.5 Å². The Morgan fingerprint density at radius 3 is 2.75 bits per heavy atom. The Hall–Kier alpha value is -1.10. The molecule has 0 spiro atoms. The molecule has 1 aromatic carbocycles. The van der Waals surface area contributed by atoms with Gasteiger partial charge in [0.25, 0.3) is 0 Å². The van der Waals surface area contributed by atoms with Crippen molar-refractivity contribution in [1.82, 2.24) is 4.90 Å². The van der Waals surface area contributed by atoms with Crippen LogP contribution >= 0.6 is 12.4 Å². The number of nitrogens with one attached hydrogen (secondary N) is 1. The van der Waals surface area contributed by atoms with E-state index in [2.05, 4.69) is 30.1 Å². The molecule has 1 aliphatic rings. The van der Waals surface area contributed by atoms with Crippen LogP contribution in [-0.4, -0.2) is 36.5 Å². The van der Waals surface area contributed by atoms with Crippen LogP contribution in [-0.2, 0) is 4.79 Å². The zero-order valence-electron chi connectivity index (χ0n) is 12.1. The lowest BCUT2D eigenvalue weighted by Crippen LogP contribution is -2.33. The number of hydrogen-bond acceptors (Lipinski definition) is 3. The number of benzene rings is 1. The average molecular weight is 298 g/mol. The SMILES string of the molecule is CC(C)c1ccccc1NC(=O)CN1CC[C@@H](N)C1.Cl. The lowest BCUT2D eigenvalue weighted by molar-refractivity contribution is -0.117. The Bertz CT molecular complexity index is 450. The Balaban J connectivity index is 0.00000200. The van der Waals surface area contributed by atoms with E-state index in [1.807, 2.05) is 18.2 Å². The Kier molecular flexibility index (Phi) is 6.46. The molecule has 3 N–H and O–H groups in total. The molecule has 1 amide bonds. The summed E-state index contributed by atoms with van der Waals surface area (Å²) in [6.07, 6.45) is 0.982. The van der Waals surface area contributed by atoms with Crippen molar-refractivity contribution in [3.05, 3.63) is 29.8 Å². The second-order valence-electron chi connectivity index (χ2n) is 5.57. The highest BCUT2D eigenvalue weighted by Crippen LogP contribution is 2.23. The summed E-state index contributed by atoms with van der Waals surface area (Å²) in [7, 11) is 0. The molecule has 1 fully saturated rings. The molecule has 1 heterocycles. The number of para-hydroxylation sites is 1. The summed E-state index contributed by atoms with van der Waals surface area (Å²) in [4.78, 5) is 14.2. The van der Waals surface area contributed by atoms with Crippen molar-refractivity contribution in [1.29, 1.82) is 0 Å². The number of nitrogens with zero attached hydrogens (tertiary/aromatic N) is 1. The summed E-state index contributed by atoms with van der Waals surface area (Å²) in [6, 6.07) is 8.20. The van der Waals surface area contributed by atoms with Crippen molar-refractivity contribution in [3.8, 4) is 0 Å². The third kappa shape index (κ3) is 4.47. The third-order valence-corrected chi connectivity index (χ3v) is 3.53. The molecular formula is C15H24ClN3O. The van der Waals surface area contributed by atoms with Gasteiger partial charge in [-0.2, -0.15) is 0 Å². The average Bonchev–Trinajstić information content (AvgIpc) is 2.75. The van der Waals surface area contributed by atoms with Gasteiger partial charge in [0.15, 0.2) is 0 Å². The molecule has 1 aliphatic heterocycles. The number of carbonyl (C=O) groups excluding carboxylic acids is 1. The van der Waals surface area contributed by atoms with Crippen LogP contribution in [0.2, 0.25) is 0 Å². The van der Waals surface area contributed by atoms with E-state index in [-0.39, 0.29) is 24.4 Å². The molecule has 0 unspecified atom stereocenters. The fourth-order valence-electron chi connectivity index (χ4n) is 2.51. The lowest BCUT2D eigenvalue weighted by atomic mass is 10.0. The van der Waals surface area contributed by atoms with Gasteiger partial charge in [-0.15, -0.1) is 12.4 Å². The normalized spacial score (nSPS) is 18.9. The van der Waals surface area contributed by atoms with Gasteiger partial charge >= 0.3 is 0 Å². The second-order valence-corrected chi connectivity index (χ2v) is 5.57. The molecular weight excluding hydrogens is 274 g/mol. The Morgan fingerprint density at radius 1 is 1.45 bits per heavy atom. The van der Waals surface area contributed by atoms with Gasteiger partial charge in [-0.05, 0) is 24.0 Å². The number of likely N-dealkylation sites (tertiary alicyclic amines) is 1. The molecule has 0 aromatic heterocycles. The minimum atomic E-state index is 0. The number of amides is 1. The Labute approximate surface area is 127 Å². The number of nitrogens with two attached hydrogens (primary N) is 1. The molecule has 0 saturated carbocycles. The van der Waals surface area contributed by atoms with Gasteiger partial charge in [-0.3, -0.25) is 9.69 Å². The number of carbonyl (C=O) groups is 1. The third-order valence-electron chi connectivity index (χ3n) is 3.53. The first-order valence-corrected chi connectivity index (χ1v) is 6.93. The van der Waals surface area contributed by atoms with Crippen molar-refractivity contribution in [2.24, 2.45) is 5.73 Å². The highest BCUT2D eigenvalue weighted by atomic mass is 35.5. The topological polar surface area (TPSA) is 58.4 Å². The molecule has 1 saturated heterocycles. The maximum absolute atomic E-state index is 12.1. The first-order chi connectivity index (χ1) is 9.06. The molecule has 0 bridgehead atoms. The monoisotopic (exact) mass is 297 g/mol. The summed E-state index contributed by atoms with van der Waals surface area (Å²) >= 11 is 0. The minimum Gasteiger partial charge on any atom is -0.326 e. The smallest absolute Gasteiger partial charge is 0.238 e. The van der Waals surface area contributed by atoms with E-state index in [0.717, 1.165) is 25.2 Å². The quantitative estimate of drug-likeness (QED) is 0.896. The predicted molar refractivity (Wildman–Crippen MR) is 85.4 cm³/mol. The van der Waals surface area contributed by atoms with Gasteiger partial charge in [0.05, 0.1) is 6.54 Å². The first-order valence-electron chi connectivity index (χ1n) is 6.93. The second kappa shape index (κ2) is 7.62. The highest BCUT2D eigenvalue weighted by Gasteiger charge is 2.21. The number of hydrogen-bond donors (Lipinski definition) is 2. The number of rotatable bonds is 4. The molecule has 0 aliphatic carbocycles. The van der Waals surface area contributed by atoms with Crippen LogP contribution in [0.25, 0.3) is 0 Å². The van der Waals surface area contributed by atoms with Crippen LogP contribution in [0.5, 0.6) is 0 Å². The summed E-state index contributed by atoms with van der Waals surface area (Å²) in [6.45, 7) is 6.43. The Morgan fingerprint density at radius 2 is 2.15 bits per heavy atom. The van der Waals surface area contributed by atoms with Crippen molar-refractivity contribution >= 4 is 24.0 Å². The van der Waals surface area contributed by atoms with E-state index < -0.39 is 0 Å². The summed E-state index contributed by atoms with van der Waals surface area (Å²) in [5.41, 5.74) is 7.94. The van der Waals surface area contributed by atoms with Crippen LogP contribution in [0.4, 0.5) is 5.69 Å². The van der Waals surface area contributed by atoms with Crippen molar-refractivity contribution in [3.63, 3.8) is 0 Å². The zero-order valence-corrected chi connectivity index (χ0v) is 13.0. The molecule has 1 atom stereocenters. The lowest BCUT2D eigenvalue weighted by Gasteiger charge is -2.17.